The first-order valence-corrected chi connectivity index (χ1v) is 8.44. The number of anilines is 1. The van der Waals surface area contributed by atoms with Gasteiger partial charge >= 0.3 is 0 Å². The number of H-pyrrole nitrogens is 2. The van der Waals surface area contributed by atoms with Crippen molar-refractivity contribution in [3.8, 4) is 0 Å². The van der Waals surface area contributed by atoms with E-state index in [1.54, 1.807) is 0 Å². The molecule has 2 aromatic rings. The highest BCUT2D eigenvalue weighted by Gasteiger charge is 2.34. The molecule has 1 aliphatic heterocycles. The van der Waals surface area contributed by atoms with Crippen LogP contribution in [0.3, 0.4) is 0 Å². The predicted molar refractivity (Wildman–Crippen MR) is 88.9 cm³/mol. The van der Waals surface area contributed by atoms with Crippen molar-refractivity contribution in [3.63, 3.8) is 0 Å². The smallest absolute Gasteiger partial charge is 0.290 e. The molecular weight excluding hydrogens is 326 g/mol. The molecule has 1 aliphatic carbocycles. The van der Waals surface area contributed by atoms with Crippen LogP contribution >= 0.6 is 0 Å². The average Bonchev–Trinajstić information content (AvgIpc) is 3.21. The minimum absolute atomic E-state index is 0.0194. The quantitative estimate of drug-likeness (QED) is 0.733. The van der Waals surface area contributed by atoms with Crippen molar-refractivity contribution in [1.82, 2.24) is 20.4 Å². The number of rotatable bonds is 4. The van der Waals surface area contributed by atoms with Crippen LogP contribution in [0.5, 0.6) is 0 Å². The topological polar surface area (TPSA) is 124 Å². The molecule has 1 saturated heterocycles. The van der Waals surface area contributed by atoms with E-state index in [9.17, 15) is 14.4 Å². The van der Waals surface area contributed by atoms with Crippen molar-refractivity contribution < 1.29 is 9.32 Å². The van der Waals surface area contributed by atoms with Gasteiger partial charge in [-0.3, -0.25) is 19.4 Å². The maximum atomic E-state index is 11.9. The third-order valence-electron chi connectivity index (χ3n) is 4.79. The molecule has 3 heterocycles. The van der Waals surface area contributed by atoms with Gasteiger partial charge in [0.1, 0.15) is 0 Å². The largest absolute Gasteiger partial charge is 0.373 e. The third-order valence-corrected chi connectivity index (χ3v) is 4.79. The molecule has 2 aromatic heterocycles. The highest BCUT2D eigenvalue weighted by molar-refractivity contribution is 5.91. The zero-order chi connectivity index (χ0) is 17.4. The molecule has 0 atom stereocenters. The lowest BCUT2D eigenvalue weighted by molar-refractivity contribution is 0.0870. The summed E-state index contributed by atoms with van der Waals surface area (Å²) >= 11 is 0. The molecule has 0 spiro atoms. The Labute approximate surface area is 142 Å². The number of hydrogen-bond donors (Lipinski definition) is 3. The number of aromatic amines is 2. The monoisotopic (exact) mass is 345 g/mol. The standard InChI is InChI=1S/C16H19N5O4/c22-13-7-11(18-16(19-13)21-3-1-2-4-21)9-5-10(6-9)17-15(24)12-8-14(23)20-25-12/h7-10H,1-6H2,(H,17,24)(H,20,23)(H,18,19,22). The summed E-state index contributed by atoms with van der Waals surface area (Å²) in [6.45, 7) is 1.83. The van der Waals surface area contributed by atoms with Gasteiger partial charge in [0, 0.05) is 31.1 Å². The van der Waals surface area contributed by atoms with E-state index in [1.165, 1.54) is 6.07 Å². The van der Waals surface area contributed by atoms with Crippen molar-refractivity contribution in [2.45, 2.75) is 37.6 Å². The Morgan fingerprint density at radius 1 is 1.20 bits per heavy atom. The minimum atomic E-state index is -0.446. The number of aromatic nitrogens is 3. The van der Waals surface area contributed by atoms with Crippen LogP contribution in [0.15, 0.2) is 26.2 Å². The van der Waals surface area contributed by atoms with Crippen LogP contribution in [0.25, 0.3) is 0 Å². The Bertz CT molecular complexity index is 886. The lowest BCUT2D eigenvalue weighted by Gasteiger charge is -2.35. The number of carbonyl (C=O) groups excluding carboxylic acids is 1. The van der Waals surface area contributed by atoms with Crippen molar-refractivity contribution in [2.75, 3.05) is 18.0 Å². The summed E-state index contributed by atoms with van der Waals surface area (Å²) in [6, 6.07) is 2.63. The predicted octanol–water partition coefficient (Wildman–Crippen LogP) is 0.327. The Morgan fingerprint density at radius 2 is 1.96 bits per heavy atom. The molecule has 0 unspecified atom stereocenters. The molecule has 0 bridgehead atoms. The van der Waals surface area contributed by atoms with E-state index in [2.05, 4.69) is 25.3 Å². The van der Waals surface area contributed by atoms with E-state index in [0.717, 1.165) is 37.7 Å². The molecule has 4 rings (SSSR count). The van der Waals surface area contributed by atoms with E-state index in [4.69, 9.17) is 4.52 Å². The zero-order valence-corrected chi connectivity index (χ0v) is 13.6. The Hall–Kier alpha value is -2.84. The fourth-order valence-corrected chi connectivity index (χ4v) is 3.38. The molecule has 132 valence electrons. The molecule has 25 heavy (non-hydrogen) atoms. The van der Waals surface area contributed by atoms with Crippen LogP contribution in [0.2, 0.25) is 0 Å². The van der Waals surface area contributed by atoms with E-state index in [-0.39, 0.29) is 23.3 Å². The van der Waals surface area contributed by atoms with E-state index < -0.39 is 11.5 Å². The first-order chi connectivity index (χ1) is 12.1. The van der Waals surface area contributed by atoms with Crippen LogP contribution < -0.4 is 21.3 Å². The summed E-state index contributed by atoms with van der Waals surface area (Å²) in [5, 5.41) is 4.90. The van der Waals surface area contributed by atoms with Crippen LogP contribution in [-0.4, -0.2) is 40.2 Å². The second-order valence-corrected chi connectivity index (χ2v) is 6.60. The normalized spacial score (nSPS) is 22.6. The van der Waals surface area contributed by atoms with Crippen molar-refractivity contribution in [3.05, 3.63) is 44.3 Å². The van der Waals surface area contributed by atoms with Crippen molar-refractivity contribution in [2.24, 2.45) is 0 Å². The highest BCUT2D eigenvalue weighted by Crippen LogP contribution is 2.36. The first-order valence-electron chi connectivity index (χ1n) is 8.44. The number of hydrogen-bond acceptors (Lipinski definition) is 6. The number of amides is 1. The van der Waals surface area contributed by atoms with Gasteiger partial charge in [-0.25, -0.2) is 4.98 Å². The number of nitrogens with zero attached hydrogens (tertiary/aromatic N) is 2. The first kappa shape index (κ1) is 15.7. The van der Waals surface area contributed by atoms with Gasteiger partial charge < -0.3 is 14.7 Å². The molecule has 1 saturated carbocycles. The van der Waals surface area contributed by atoms with E-state index in [0.29, 0.717) is 18.8 Å². The number of nitrogens with one attached hydrogen (secondary N) is 3. The van der Waals surface area contributed by atoms with Gasteiger partial charge in [0.2, 0.25) is 11.7 Å². The van der Waals surface area contributed by atoms with Gasteiger partial charge in [0.25, 0.3) is 17.0 Å². The van der Waals surface area contributed by atoms with Crippen LogP contribution in [-0.2, 0) is 0 Å². The van der Waals surface area contributed by atoms with Gasteiger partial charge in [0.15, 0.2) is 0 Å². The summed E-state index contributed by atoms with van der Waals surface area (Å²) in [4.78, 5) is 44.4. The summed E-state index contributed by atoms with van der Waals surface area (Å²) in [5.41, 5.74) is 0.177. The molecule has 0 radical (unpaired) electrons. The summed E-state index contributed by atoms with van der Waals surface area (Å²) in [6.07, 6.45) is 3.63. The molecule has 2 aliphatic rings. The second-order valence-electron chi connectivity index (χ2n) is 6.60. The molecule has 1 amide bonds. The number of carbonyl (C=O) groups is 1. The SMILES string of the molecule is O=C(NC1CC(c2cc(=O)[nH]c(N3CCCC3)n2)C1)c1cc(=O)[nH]o1. The molecular formula is C16H19N5O4. The third kappa shape index (κ3) is 3.21. The lowest BCUT2D eigenvalue weighted by Crippen LogP contribution is -2.43. The van der Waals surface area contributed by atoms with E-state index in [1.807, 2.05) is 0 Å². The lowest BCUT2D eigenvalue weighted by atomic mass is 9.78. The summed E-state index contributed by atoms with van der Waals surface area (Å²) in [7, 11) is 0. The van der Waals surface area contributed by atoms with Gasteiger partial charge in [-0.2, -0.15) is 5.16 Å². The second kappa shape index (κ2) is 6.23. The van der Waals surface area contributed by atoms with Gasteiger partial charge in [-0.15, -0.1) is 0 Å². The fourth-order valence-electron chi connectivity index (χ4n) is 3.38. The van der Waals surface area contributed by atoms with Gasteiger partial charge in [-0.1, -0.05) is 0 Å². The zero-order valence-electron chi connectivity index (χ0n) is 13.6. The summed E-state index contributed by atoms with van der Waals surface area (Å²) < 4.78 is 4.78. The molecule has 0 aromatic carbocycles. The molecule has 2 fully saturated rings. The average molecular weight is 345 g/mol. The van der Waals surface area contributed by atoms with Gasteiger partial charge in [-0.05, 0) is 25.7 Å². The van der Waals surface area contributed by atoms with Crippen LogP contribution in [0.1, 0.15) is 47.8 Å². The van der Waals surface area contributed by atoms with Crippen LogP contribution in [0, 0.1) is 0 Å². The maximum Gasteiger partial charge on any atom is 0.290 e. The van der Waals surface area contributed by atoms with Gasteiger partial charge in [0.05, 0.1) is 11.8 Å². The molecule has 9 nitrogen and oxygen atoms in total. The fraction of sp³-hybridized carbons (Fsp3) is 0.500. The Kier molecular flexibility index (Phi) is 3.90. The Balaban J connectivity index is 1.39. The summed E-state index contributed by atoms with van der Waals surface area (Å²) in [5.74, 6) is 0.339. The van der Waals surface area contributed by atoms with Crippen molar-refractivity contribution >= 4 is 11.9 Å². The maximum absolute atomic E-state index is 11.9. The molecule has 9 heteroatoms. The Morgan fingerprint density at radius 3 is 2.64 bits per heavy atom. The molecule has 3 N–H and O–H groups in total. The van der Waals surface area contributed by atoms with E-state index >= 15 is 0 Å². The van der Waals surface area contributed by atoms with Crippen LogP contribution in [0.4, 0.5) is 5.95 Å². The highest BCUT2D eigenvalue weighted by atomic mass is 16.5. The minimum Gasteiger partial charge on any atom is -0.373 e. The van der Waals surface area contributed by atoms with Crippen molar-refractivity contribution in [1.29, 1.82) is 0 Å².